The van der Waals surface area contributed by atoms with E-state index in [1.807, 2.05) is 45.0 Å². The number of aryl methyl sites for hydroxylation is 3. The van der Waals surface area contributed by atoms with E-state index in [1.165, 1.54) is 11.1 Å². The van der Waals surface area contributed by atoms with Gasteiger partial charge in [-0.05, 0) is 62.6 Å². The first kappa shape index (κ1) is 18.5. The summed E-state index contributed by atoms with van der Waals surface area (Å²) in [6.07, 6.45) is 0. The van der Waals surface area contributed by atoms with Gasteiger partial charge in [-0.2, -0.15) is 4.99 Å². The number of hydrogen-bond acceptors (Lipinski definition) is 3. The van der Waals surface area contributed by atoms with Gasteiger partial charge in [0.25, 0.3) is 5.91 Å². The van der Waals surface area contributed by atoms with E-state index in [2.05, 4.69) is 28.6 Å². The minimum absolute atomic E-state index is 0.206. The van der Waals surface area contributed by atoms with E-state index in [9.17, 15) is 4.79 Å². The van der Waals surface area contributed by atoms with Crippen LogP contribution in [0.3, 0.4) is 0 Å². The van der Waals surface area contributed by atoms with Crippen LogP contribution in [0.5, 0.6) is 0 Å². The monoisotopic (exact) mass is 368 g/mol. The molecule has 0 aliphatic carbocycles. The summed E-state index contributed by atoms with van der Waals surface area (Å²) in [6, 6.07) is 11.9. The van der Waals surface area contributed by atoms with Gasteiger partial charge in [0, 0.05) is 18.7 Å². The summed E-state index contributed by atoms with van der Waals surface area (Å²) in [4.78, 5) is 17.9. The Morgan fingerprint density at radius 1 is 1.12 bits per heavy atom. The lowest BCUT2D eigenvalue weighted by Crippen LogP contribution is -2.20. The maximum atomic E-state index is 12.7. The van der Waals surface area contributed by atoms with Gasteiger partial charge in [0.15, 0.2) is 4.80 Å². The average Bonchev–Trinajstić information content (AvgIpc) is 2.96. The molecule has 1 heterocycles. The highest BCUT2D eigenvalue weighted by atomic mass is 32.1. The number of ether oxygens (including phenoxy) is 1. The van der Waals surface area contributed by atoms with E-state index in [-0.39, 0.29) is 5.91 Å². The lowest BCUT2D eigenvalue weighted by molar-refractivity contribution is 0.0996. The van der Waals surface area contributed by atoms with Crippen molar-refractivity contribution in [3.05, 3.63) is 63.5 Å². The molecular formula is C21H24N2O2S. The van der Waals surface area contributed by atoms with Crippen molar-refractivity contribution >= 4 is 27.5 Å². The minimum Gasteiger partial charge on any atom is -0.380 e. The smallest absolute Gasteiger partial charge is 0.279 e. The van der Waals surface area contributed by atoms with Gasteiger partial charge in [0.1, 0.15) is 0 Å². The molecule has 0 aliphatic rings. The third kappa shape index (κ3) is 3.79. The predicted octanol–water partition coefficient (Wildman–Crippen LogP) is 4.41. The summed E-state index contributed by atoms with van der Waals surface area (Å²) in [5.41, 5.74) is 5.20. The number of amides is 1. The van der Waals surface area contributed by atoms with Gasteiger partial charge in [0.05, 0.1) is 16.8 Å². The highest BCUT2D eigenvalue weighted by Crippen LogP contribution is 2.21. The second-order valence-electron chi connectivity index (χ2n) is 6.37. The van der Waals surface area contributed by atoms with Gasteiger partial charge in [-0.3, -0.25) is 4.79 Å². The van der Waals surface area contributed by atoms with E-state index in [0.717, 1.165) is 20.6 Å². The van der Waals surface area contributed by atoms with Gasteiger partial charge >= 0.3 is 0 Å². The van der Waals surface area contributed by atoms with Crippen molar-refractivity contribution in [1.29, 1.82) is 0 Å². The normalized spacial score (nSPS) is 12.1. The highest BCUT2D eigenvalue weighted by Gasteiger charge is 2.11. The molecule has 2 aromatic carbocycles. The van der Waals surface area contributed by atoms with Crippen molar-refractivity contribution in [2.45, 2.75) is 34.2 Å². The number of rotatable bonds is 5. The number of hydrogen-bond donors (Lipinski definition) is 0. The SMILES string of the molecule is CCOCCn1c(=NC(=O)c2ccc(C)c(C)c2)sc2cccc(C)c21. The molecule has 1 amide bonds. The van der Waals surface area contributed by atoms with E-state index >= 15 is 0 Å². The number of para-hydroxylation sites is 1. The van der Waals surface area contributed by atoms with Crippen molar-refractivity contribution < 1.29 is 9.53 Å². The molecule has 0 bridgehead atoms. The van der Waals surface area contributed by atoms with Gasteiger partial charge in [-0.25, -0.2) is 0 Å². The Bertz CT molecular complexity index is 1010. The molecule has 5 heteroatoms. The van der Waals surface area contributed by atoms with E-state index in [0.29, 0.717) is 25.3 Å². The Kier molecular flexibility index (Phi) is 5.69. The van der Waals surface area contributed by atoms with Crippen LogP contribution in [0.15, 0.2) is 41.4 Å². The van der Waals surface area contributed by atoms with Gasteiger partial charge in [0.2, 0.25) is 0 Å². The number of aromatic nitrogens is 1. The molecule has 136 valence electrons. The second kappa shape index (κ2) is 7.98. The van der Waals surface area contributed by atoms with Crippen LogP contribution in [0.25, 0.3) is 10.2 Å². The summed E-state index contributed by atoms with van der Waals surface area (Å²) in [5, 5.41) is 0. The van der Waals surface area contributed by atoms with Crippen LogP contribution in [0.2, 0.25) is 0 Å². The molecule has 0 saturated heterocycles. The number of benzene rings is 2. The lowest BCUT2D eigenvalue weighted by Gasteiger charge is -2.07. The predicted molar refractivity (Wildman–Crippen MR) is 107 cm³/mol. The lowest BCUT2D eigenvalue weighted by atomic mass is 10.1. The molecular weight excluding hydrogens is 344 g/mol. The summed E-state index contributed by atoms with van der Waals surface area (Å²) < 4.78 is 8.76. The molecule has 0 saturated carbocycles. The summed E-state index contributed by atoms with van der Waals surface area (Å²) >= 11 is 1.55. The molecule has 0 fully saturated rings. The Morgan fingerprint density at radius 2 is 1.92 bits per heavy atom. The molecule has 0 atom stereocenters. The van der Waals surface area contributed by atoms with Crippen LogP contribution in [0.1, 0.15) is 34.0 Å². The molecule has 0 N–H and O–H groups in total. The van der Waals surface area contributed by atoms with Crippen LogP contribution >= 0.6 is 11.3 Å². The molecule has 0 aliphatic heterocycles. The first-order valence-corrected chi connectivity index (χ1v) is 9.66. The fourth-order valence-electron chi connectivity index (χ4n) is 2.93. The van der Waals surface area contributed by atoms with Crippen LogP contribution in [-0.4, -0.2) is 23.7 Å². The van der Waals surface area contributed by atoms with Crippen molar-refractivity contribution in [3.8, 4) is 0 Å². The number of nitrogens with zero attached hydrogens (tertiary/aromatic N) is 2. The van der Waals surface area contributed by atoms with E-state index < -0.39 is 0 Å². The fraction of sp³-hybridized carbons (Fsp3) is 0.333. The number of fused-ring (bicyclic) bond motifs is 1. The summed E-state index contributed by atoms with van der Waals surface area (Å²) in [7, 11) is 0. The fourth-order valence-corrected chi connectivity index (χ4v) is 4.06. The highest BCUT2D eigenvalue weighted by molar-refractivity contribution is 7.16. The molecule has 3 rings (SSSR count). The molecule has 26 heavy (non-hydrogen) atoms. The Labute approximate surface area is 157 Å². The first-order chi connectivity index (χ1) is 12.5. The van der Waals surface area contributed by atoms with Gasteiger partial charge in [-0.1, -0.05) is 29.5 Å². The van der Waals surface area contributed by atoms with E-state index in [1.54, 1.807) is 11.3 Å². The van der Waals surface area contributed by atoms with Crippen molar-refractivity contribution in [2.75, 3.05) is 13.2 Å². The third-order valence-electron chi connectivity index (χ3n) is 4.52. The van der Waals surface area contributed by atoms with Crippen molar-refractivity contribution in [3.63, 3.8) is 0 Å². The van der Waals surface area contributed by atoms with Crippen molar-refractivity contribution in [1.82, 2.24) is 4.57 Å². The molecule has 0 radical (unpaired) electrons. The van der Waals surface area contributed by atoms with Gasteiger partial charge < -0.3 is 9.30 Å². The Balaban J connectivity index is 2.08. The molecule has 0 spiro atoms. The van der Waals surface area contributed by atoms with Gasteiger partial charge in [-0.15, -0.1) is 0 Å². The standard InChI is InChI=1S/C21H24N2O2S/c1-5-25-12-11-23-19-15(3)7-6-8-18(19)26-21(23)22-20(24)17-10-9-14(2)16(4)13-17/h6-10,13H,5,11-12H2,1-4H3. The summed E-state index contributed by atoms with van der Waals surface area (Å²) in [5.74, 6) is -0.206. The average molecular weight is 369 g/mol. The maximum Gasteiger partial charge on any atom is 0.279 e. The maximum absolute atomic E-state index is 12.7. The molecule has 4 nitrogen and oxygen atoms in total. The number of carbonyl (C=O) groups excluding carboxylic acids is 1. The van der Waals surface area contributed by atoms with Crippen LogP contribution in [0, 0.1) is 20.8 Å². The zero-order chi connectivity index (χ0) is 18.7. The second-order valence-corrected chi connectivity index (χ2v) is 7.38. The largest absolute Gasteiger partial charge is 0.380 e. The quantitative estimate of drug-likeness (QED) is 0.626. The first-order valence-electron chi connectivity index (χ1n) is 8.84. The number of carbonyl (C=O) groups is 1. The zero-order valence-electron chi connectivity index (χ0n) is 15.7. The van der Waals surface area contributed by atoms with E-state index in [4.69, 9.17) is 4.74 Å². The van der Waals surface area contributed by atoms with Crippen molar-refractivity contribution in [2.24, 2.45) is 4.99 Å². The summed E-state index contributed by atoms with van der Waals surface area (Å²) in [6.45, 7) is 10.1. The van der Waals surface area contributed by atoms with Crippen LogP contribution in [-0.2, 0) is 11.3 Å². The van der Waals surface area contributed by atoms with Crippen LogP contribution < -0.4 is 4.80 Å². The molecule has 1 aromatic heterocycles. The Hall–Kier alpha value is -2.24. The topological polar surface area (TPSA) is 43.6 Å². The minimum atomic E-state index is -0.206. The zero-order valence-corrected chi connectivity index (χ0v) is 16.5. The third-order valence-corrected chi connectivity index (χ3v) is 5.56. The van der Waals surface area contributed by atoms with Crippen LogP contribution in [0.4, 0.5) is 0 Å². The molecule has 3 aromatic rings. The Morgan fingerprint density at radius 3 is 2.65 bits per heavy atom. The number of thiazole rings is 1. The molecule has 0 unspecified atom stereocenters.